The number of thioether (sulfide) groups is 1. The maximum Gasteiger partial charge on any atom is 0.121 e. The van der Waals surface area contributed by atoms with Crippen molar-refractivity contribution in [2.24, 2.45) is 0 Å². The van der Waals surface area contributed by atoms with E-state index in [1.54, 1.807) is 7.11 Å². The number of fused-ring (bicyclic) bond motifs is 1. The molecular weight excluding hydrogens is 182 g/mol. The van der Waals surface area contributed by atoms with Crippen LogP contribution in [0, 0.1) is 0 Å². The number of hydrogen-bond donors (Lipinski definition) is 1. The van der Waals surface area contributed by atoms with E-state index >= 15 is 0 Å². The quantitative estimate of drug-likeness (QED) is 0.744. The van der Waals surface area contributed by atoms with Gasteiger partial charge in [0, 0.05) is 17.5 Å². The summed E-state index contributed by atoms with van der Waals surface area (Å²) < 4.78 is 5.17. The molecule has 70 valence electrons. The number of ether oxygens (including phenoxy) is 1. The van der Waals surface area contributed by atoms with Gasteiger partial charge < -0.3 is 10.1 Å². The molecule has 1 heterocycles. The van der Waals surface area contributed by atoms with E-state index in [9.17, 15) is 0 Å². The maximum atomic E-state index is 5.17. The SMILES string of the molecule is COc1ccc2c(c1)NCCCS2. The predicted octanol–water partition coefficient (Wildman–Crippen LogP) is 2.60. The Labute approximate surface area is 82.7 Å². The first kappa shape index (κ1) is 8.75. The summed E-state index contributed by atoms with van der Waals surface area (Å²) >= 11 is 1.91. The second kappa shape index (κ2) is 3.92. The molecule has 0 saturated carbocycles. The lowest BCUT2D eigenvalue weighted by Crippen LogP contribution is -1.99. The van der Waals surface area contributed by atoms with Crippen LogP contribution >= 0.6 is 11.8 Å². The fourth-order valence-corrected chi connectivity index (χ4v) is 2.34. The summed E-state index contributed by atoms with van der Waals surface area (Å²) in [6.07, 6.45) is 1.22. The number of benzene rings is 1. The van der Waals surface area contributed by atoms with Gasteiger partial charge in [-0.1, -0.05) is 0 Å². The predicted molar refractivity (Wildman–Crippen MR) is 56.8 cm³/mol. The first-order valence-electron chi connectivity index (χ1n) is 4.45. The van der Waals surface area contributed by atoms with Crippen molar-refractivity contribution in [3.63, 3.8) is 0 Å². The molecule has 0 radical (unpaired) electrons. The van der Waals surface area contributed by atoms with Crippen LogP contribution in [-0.4, -0.2) is 19.4 Å². The summed E-state index contributed by atoms with van der Waals surface area (Å²) in [5, 5.41) is 3.40. The highest BCUT2D eigenvalue weighted by Crippen LogP contribution is 2.32. The molecule has 3 heteroatoms. The molecule has 1 aromatic carbocycles. The van der Waals surface area contributed by atoms with Gasteiger partial charge in [0.05, 0.1) is 12.8 Å². The molecule has 1 aliphatic heterocycles. The largest absolute Gasteiger partial charge is 0.497 e. The van der Waals surface area contributed by atoms with Crippen LogP contribution in [0.3, 0.4) is 0 Å². The smallest absolute Gasteiger partial charge is 0.121 e. The zero-order valence-corrected chi connectivity index (χ0v) is 8.49. The van der Waals surface area contributed by atoms with Gasteiger partial charge in [0.25, 0.3) is 0 Å². The second-order valence-electron chi connectivity index (χ2n) is 2.99. The van der Waals surface area contributed by atoms with Crippen molar-refractivity contribution in [2.75, 3.05) is 24.7 Å². The second-order valence-corrected chi connectivity index (χ2v) is 4.13. The highest BCUT2D eigenvalue weighted by atomic mass is 32.2. The van der Waals surface area contributed by atoms with Crippen LogP contribution in [-0.2, 0) is 0 Å². The molecule has 0 amide bonds. The third kappa shape index (κ3) is 1.91. The van der Waals surface area contributed by atoms with Gasteiger partial charge >= 0.3 is 0 Å². The third-order valence-corrected chi connectivity index (χ3v) is 3.24. The average Bonchev–Trinajstić information content (AvgIpc) is 2.41. The first-order valence-corrected chi connectivity index (χ1v) is 5.43. The standard InChI is InChI=1S/C10H13NOS/c1-12-8-3-4-10-9(7-8)11-5-2-6-13-10/h3-4,7,11H,2,5-6H2,1H3. The molecule has 0 saturated heterocycles. The molecule has 0 bridgehead atoms. The Hall–Kier alpha value is -0.830. The van der Waals surface area contributed by atoms with Crippen LogP contribution in [0.2, 0.25) is 0 Å². The molecule has 1 aromatic rings. The maximum absolute atomic E-state index is 5.17. The van der Waals surface area contributed by atoms with Crippen molar-refractivity contribution in [2.45, 2.75) is 11.3 Å². The van der Waals surface area contributed by atoms with Crippen molar-refractivity contribution in [3.05, 3.63) is 18.2 Å². The Balaban J connectivity index is 2.32. The van der Waals surface area contributed by atoms with Gasteiger partial charge in [-0.15, -0.1) is 11.8 Å². The van der Waals surface area contributed by atoms with E-state index in [0.29, 0.717) is 0 Å². The molecule has 0 aliphatic carbocycles. The summed E-state index contributed by atoms with van der Waals surface area (Å²) in [6.45, 7) is 1.06. The molecule has 0 atom stereocenters. The van der Waals surface area contributed by atoms with E-state index in [1.165, 1.54) is 22.8 Å². The molecule has 13 heavy (non-hydrogen) atoms. The van der Waals surface area contributed by atoms with Gasteiger partial charge in [-0.25, -0.2) is 0 Å². The normalized spacial score (nSPS) is 15.5. The van der Waals surface area contributed by atoms with E-state index in [-0.39, 0.29) is 0 Å². The fraction of sp³-hybridized carbons (Fsp3) is 0.400. The van der Waals surface area contributed by atoms with Crippen molar-refractivity contribution in [3.8, 4) is 5.75 Å². The molecule has 0 spiro atoms. The summed E-state index contributed by atoms with van der Waals surface area (Å²) in [6, 6.07) is 6.20. The molecule has 1 aliphatic rings. The summed E-state index contributed by atoms with van der Waals surface area (Å²) in [7, 11) is 1.70. The minimum Gasteiger partial charge on any atom is -0.497 e. The fourth-order valence-electron chi connectivity index (χ4n) is 1.38. The Morgan fingerprint density at radius 2 is 2.38 bits per heavy atom. The van der Waals surface area contributed by atoms with Gasteiger partial charge in [0.1, 0.15) is 5.75 Å². The highest BCUT2D eigenvalue weighted by molar-refractivity contribution is 7.99. The molecular formula is C10H13NOS. The number of rotatable bonds is 1. The lowest BCUT2D eigenvalue weighted by atomic mass is 10.3. The third-order valence-electron chi connectivity index (χ3n) is 2.08. The van der Waals surface area contributed by atoms with Crippen molar-refractivity contribution >= 4 is 17.4 Å². The van der Waals surface area contributed by atoms with E-state index in [1.807, 2.05) is 17.8 Å². The van der Waals surface area contributed by atoms with Gasteiger partial charge in [-0.3, -0.25) is 0 Å². The van der Waals surface area contributed by atoms with Crippen LogP contribution in [0.25, 0.3) is 0 Å². The van der Waals surface area contributed by atoms with Crippen LogP contribution in [0.1, 0.15) is 6.42 Å². The minimum atomic E-state index is 0.925. The van der Waals surface area contributed by atoms with Crippen molar-refractivity contribution < 1.29 is 4.74 Å². The number of hydrogen-bond acceptors (Lipinski definition) is 3. The van der Waals surface area contributed by atoms with Gasteiger partial charge in [0.2, 0.25) is 0 Å². The average molecular weight is 195 g/mol. The lowest BCUT2D eigenvalue weighted by molar-refractivity contribution is 0.414. The summed E-state index contributed by atoms with van der Waals surface area (Å²) in [4.78, 5) is 1.33. The first-order chi connectivity index (χ1) is 6.40. The van der Waals surface area contributed by atoms with E-state index in [4.69, 9.17) is 4.74 Å². The molecule has 2 nitrogen and oxygen atoms in total. The monoisotopic (exact) mass is 195 g/mol. The summed E-state index contributed by atoms with van der Waals surface area (Å²) in [5.41, 5.74) is 1.21. The van der Waals surface area contributed by atoms with Crippen LogP contribution in [0.4, 0.5) is 5.69 Å². The number of anilines is 1. The highest BCUT2D eigenvalue weighted by Gasteiger charge is 2.07. The van der Waals surface area contributed by atoms with Gasteiger partial charge in [-0.05, 0) is 24.3 Å². The van der Waals surface area contributed by atoms with E-state index in [0.717, 1.165) is 12.3 Å². The van der Waals surface area contributed by atoms with Gasteiger partial charge in [0.15, 0.2) is 0 Å². The Morgan fingerprint density at radius 3 is 3.23 bits per heavy atom. The van der Waals surface area contributed by atoms with E-state index < -0.39 is 0 Å². The van der Waals surface area contributed by atoms with Crippen molar-refractivity contribution in [1.82, 2.24) is 0 Å². The zero-order valence-electron chi connectivity index (χ0n) is 7.67. The topological polar surface area (TPSA) is 21.3 Å². The lowest BCUT2D eigenvalue weighted by Gasteiger charge is -2.08. The Bertz CT molecular complexity index is 301. The van der Waals surface area contributed by atoms with Crippen LogP contribution in [0.15, 0.2) is 23.1 Å². The molecule has 1 N–H and O–H groups in total. The minimum absolute atomic E-state index is 0.925. The number of nitrogens with one attached hydrogen (secondary N) is 1. The Kier molecular flexibility index (Phi) is 2.64. The molecule has 0 unspecified atom stereocenters. The van der Waals surface area contributed by atoms with Gasteiger partial charge in [-0.2, -0.15) is 0 Å². The van der Waals surface area contributed by atoms with Crippen LogP contribution in [0.5, 0.6) is 5.75 Å². The molecule has 0 aromatic heterocycles. The van der Waals surface area contributed by atoms with Crippen LogP contribution < -0.4 is 10.1 Å². The van der Waals surface area contributed by atoms with E-state index in [2.05, 4.69) is 17.4 Å². The Morgan fingerprint density at radius 1 is 1.46 bits per heavy atom. The summed E-state index contributed by atoms with van der Waals surface area (Å²) in [5.74, 6) is 2.13. The molecule has 0 fully saturated rings. The zero-order chi connectivity index (χ0) is 9.10. The number of methoxy groups -OCH3 is 1. The van der Waals surface area contributed by atoms with Crippen molar-refractivity contribution in [1.29, 1.82) is 0 Å². The molecule has 2 rings (SSSR count).